The minimum Gasteiger partial charge on any atom is -0.173 e. The van der Waals surface area contributed by atoms with Gasteiger partial charge in [0.15, 0.2) is 0 Å². The summed E-state index contributed by atoms with van der Waals surface area (Å²) in [5, 5.41) is 0. The van der Waals surface area contributed by atoms with Crippen molar-refractivity contribution in [2.24, 2.45) is 17.8 Å². The maximum absolute atomic E-state index is 12.3. The van der Waals surface area contributed by atoms with Crippen molar-refractivity contribution in [2.45, 2.75) is 83.5 Å². The molecule has 0 amide bonds. The molecule has 2 aliphatic carbocycles. The third kappa shape index (κ3) is 5.41. The van der Waals surface area contributed by atoms with Gasteiger partial charge in [-0.2, -0.15) is 8.78 Å². The predicted octanol–water partition coefficient (Wildman–Crippen LogP) is 8.19. The second-order valence-corrected chi connectivity index (χ2v) is 8.64. The maximum Gasteiger partial charge on any atom is 0.270 e. The molecule has 0 aromatic heterocycles. The number of benzene rings is 1. The third-order valence-corrected chi connectivity index (χ3v) is 6.98. The minimum absolute atomic E-state index is 0.599. The van der Waals surface area contributed by atoms with E-state index < -0.39 is 6.08 Å². The molecule has 1 aromatic rings. The molecule has 2 fully saturated rings. The summed E-state index contributed by atoms with van der Waals surface area (Å²) >= 11 is 0. The average molecular weight is 361 g/mol. The average Bonchev–Trinajstić information content (AvgIpc) is 2.67. The molecule has 0 unspecified atom stereocenters. The first-order valence-electron chi connectivity index (χ1n) is 10.8. The molecule has 0 N–H and O–H groups in total. The molecule has 0 bridgehead atoms. The molecular weight excluding hydrogens is 326 g/mol. The molecule has 0 heterocycles. The van der Waals surface area contributed by atoms with E-state index in [1.54, 1.807) is 0 Å². The fraction of sp³-hybridized carbons (Fsp3) is 0.667. The first-order valence-corrected chi connectivity index (χ1v) is 10.8. The van der Waals surface area contributed by atoms with Crippen LogP contribution in [-0.4, -0.2) is 0 Å². The predicted molar refractivity (Wildman–Crippen MR) is 106 cm³/mol. The van der Waals surface area contributed by atoms with Gasteiger partial charge >= 0.3 is 0 Å². The van der Waals surface area contributed by atoms with Crippen LogP contribution in [0.1, 0.15) is 94.6 Å². The minimum atomic E-state index is -1.62. The Morgan fingerprint density at radius 1 is 0.885 bits per heavy atom. The number of hydrogen-bond acceptors (Lipinski definition) is 0. The molecule has 2 aliphatic rings. The van der Waals surface area contributed by atoms with Crippen LogP contribution in [0, 0.1) is 17.8 Å². The zero-order chi connectivity index (χ0) is 18.4. The number of unbranched alkanes of at least 4 members (excludes halogenated alkanes) is 1. The summed E-state index contributed by atoms with van der Waals surface area (Å²) in [5.41, 5.74) is 1.94. The Bertz CT molecular complexity index is 554. The van der Waals surface area contributed by atoms with E-state index in [0.29, 0.717) is 11.5 Å². The van der Waals surface area contributed by atoms with E-state index in [1.165, 1.54) is 76.2 Å². The molecule has 3 rings (SSSR count). The van der Waals surface area contributed by atoms with Gasteiger partial charge in [-0.25, -0.2) is 0 Å². The number of hydrogen-bond donors (Lipinski definition) is 0. The molecule has 2 saturated carbocycles. The van der Waals surface area contributed by atoms with Crippen molar-refractivity contribution in [2.75, 3.05) is 0 Å². The summed E-state index contributed by atoms with van der Waals surface area (Å²) in [6.45, 7) is 2.30. The number of rotatable bonds is 6. The normalized spacial score (nSPS) is 29.3. The van der Waals surface area contributed by atoms with Crippen molar-refractivity contribution in [3.8, 4) is 0 Å². The van der Waals surface area contributed by atoms with E-state index in [4.69, 9.17) is 0 Å². The Labute approximate surface area is 158 Å². The molecule has 26 heavy (non-hydrogen) atoms. The third-order valence-electron chi connectivity index (χ3n) is 6.98. The monoisotopic (exact) mass is 360 g/mol. The summed E-state index contributed by atoms with van der Waals surface area (Å²) < 4.78 is 24.7. The fourth-order valence-corrected chi connectivity index (χ4v) is 5.36. The Balaban J connectivity index is 1.45. The first-order chi connectivity index (χ1) is 12.7. The van der Waals surface area contributed by atoms with Crippen molar-refractivity contribution >= 4 is 6.08 Å². The van der Waals surface area contributed by atoms with Gasteiger partial charge in [0.2, 0.25) is 0 Å². The molecule has 0 spiro atoms. The molecular formula is C24H34F2. The van der Waals surface area contributed by atoms with Crippen molar-refractivity contribution in [3.05, 3.63) is 41.5 Å². The second-order valence-electron chi connectivity index (χ2n) is 8.64. The number of halogens is 2. The smallest absolute Gasteiger partial charge is 0.173 e. The van der Waals surface area contributed by atoms with Crippen LogP contribution in [0.15, 0.2) is 30.3 Å². The molecule has 1 aromatic carbocycles. The van der Waals surface area contributed by atoms with Crippen molar-refractivity contribution < 1.29 is 8.78 Å². The molecule has 144 valence electrons. The highest BCUT2D eigenvalue weighted by atomic mass is 19.3. The summed E-state index contributed by atoms with van der Waals surface area (Å²) in [6.07, 6.45) is 14.6. The Kier molecular flexibility index (Phi) is 7.28. The molecule has 2 heteroatoms. The lowest BCUT2D eigenvalue weighted by Crippen LogP contribution is -2.25. The van der Waals surface area contributed by atoms with Gasteiger partial charge in [0, 0.05) is 6.08 Å². The van der Waals surface area contributed by atoms with Crippen molar-refractivity contribution in [1.82, 2.24) is 0 Å². The Morgan fingerprint density at radius 3 is 2.00 bits per heavy atom. The van der Waals surface area contributed by atoms with Crippen LogP contribution in [0.5, 0.6) is 0 Å². The van der Waals surface area contributed by atoms with E-state index in [2.05, 4.69) is 19.1 Å². The van der Waals surface area contributed by atoms with Gasteiger partial charge in [-0.15, -0.1) is 0 Å². The Hall–Kier alpha value is -1.18. The Morgan fingerprint density at radius 2 is 1.46 bits per heavy atom. The van der Waals surface area contributed by atoms with E-state index in [1.807, 2.05) is 12.1 Å². The van der Waals surface area contributed by atoms with Crippen LogP contribution in [0.2, 0.25) is 0 Å². The molecule has 0 saturated heterocycles. The maximum atomic E-state index is 12.3. The summed E-state index contributed by atoms with van der Waals surface area (Å²) in [6, 6.07) is 7.77. The largest absolute Gasteiger partial charge is 0.270 e. The highest BCUT2D eigenvalue weighted by molar-refractivity contribution is 5.50. The highest BCUT2D eigenvalue weighted by Gasteiger charge is 2.31. The standard InChI is InChI=1S/C24H34F2/c1-2-3-4-18-5-9-20(10-6-18)22-13-15-23(16-14-22)21-11-7-19(8-12-21)17-24(25)26/h7-8,11-12,17-18,20,22-23H,2-6,9-10,13-16H2,1H3/t18-,20-,22-,23-. The van der Waals surface area contributed by atoms with E-state index >= 15 is 0 Å². The van der Waals surface area contributed by atoms with Crippen LogP contribution in [0.25, 0.3) is 6.08 Å². The molecule has 0 nitrogen and oxygen atoms in total. The zero-order valence-corrected chi connectivity index (χ0v) is 16.2. The molecule has 0 aliphatic heterocycles. The van der Waals surface area contributed by atoms with Crippen LogP contribution in [0.4, 0.5) is 8.78 Å². The van der Waals surface area contributed by atoms with E-state index in [-0.39, 0.29) is 0 Å². The van der Waals surface area contributed by atoms with Gasteiger partial charge in [0.05, 0.1) is 0 Å². The van der Waals surface area contributed by atoms with Crippen molar-refractivity contribution in [1.29, 1.82) is 0 Å². The topological polar surface area (TPSA) is 0 Å². The zero-order valence-electron chi connectivity index (χ0n) is 16.2. The van der Waals surface area contributed by atoms with Crippen LogP contribution >= 0.6 is 0 Å². The van der Waals surface area contributed by atoms with Gasteiger partial charge in [-0.3, -0.25) is 0 Å². The van der Waals surface area contributed by atoms with E-state index in [0.717, 1.165) is 23.8 Å². The lowest BCUT2D eigenvalue weighted by molar-refractivity contribution is 0.156. The van der Waals surface area contributed by atoms with E-state index in [9.17, 15) is 8.78 Å². The summed E-state index contributed by atoms with van der Waals surface area (Å²) in [4.78, 5) is 0. The van der Waals surface area contributed by atoms with Gasteiger partial charge in [-0.05, 0) is 73.3 Å². The van der Waals surface area contributed by atoms with Crippen molar-refractivity contribution in [3.63, 3.8) is 0 Å². The second kappa shape index (κ2) is 9.67. The summed E-state index contributed by atoms with van der Waals surface area (Å²) in [5.74, 6) is 3.53. The van der Waals surface area contributed by atoms with Gasteiger partial charge in [-0.1, -0.05) is 63.3 Å². The quantitative estimate of drug-likeness (QED) is 0.479. The fourth-order valence-electron chi connectivity index (χ4n) is 5.36. The molecule has 0 radical (unpaired) electrons. The van der Waals surface area contributed by atoms with Gasteiger partial charge in [0.1, 0.15) is 0 Å². The van der Waals surface area contributed by atoms with Crippen LogP contribution in [-0.2, 0) is 0 Å². The summed E-state index contributed by atoms with van der Waals surface area (Å²) in [7, 11) is 0. The highest BCUT2D eigenvalue weighted by Crippen LogP contribution is 2.44. The SMILES string of the molecule is CCCC[C@H]1CC[C@H]([C@H]2CC[C@H](c3ccc(C=C(F)F)cc3)CC2)CC1. The molecule has 0 atom stereocenters. The first kappa shape index (κ1) is 19.6. The lowest BCUT2D eigenvalue weighted by Gasteiger charge is -2.38. The van der Waals surface area contributed by atoms with Crippen LogP contribution in [0.3, 0.4) is 0 Å². The van der Waals surface area contributed by atoms with Crippen LogP contribution < -0.4 is 0 Å². The van der Waals surface area contributed by atoms with Gasteiger partial charge < -0.3 is 0 Å². The van der Waals surface area contributed by atoms with Gasteiger partial charge in [0.25, 0.3) is 6.08 Å². The lowest BCUT2D eigenvalue weighted by atomic mass is 9.68.